The maximum atomic E-state index is 12.3. The van der Waals surface area contributed by atoms with Gasteiger partial charge in [0.25, 0.3) is 0 Å². The van der Waals surface area contributed by atoms with Gasteiger partial charge in [0.2, 0.25) is 10.0 Å². The first-order valence-electron chi connectivity index (χ1n) is 7.00. The molecule has 1 aliphatic carbocycles. The maximum absolute atomic E-state index is 12.3. The van der Waals surface area contributed by atoms with Crippen LogP contribution < -0.4 is 10.0 Å². The molecule has 0 aliphatic heterocycles. The van der Waals surface area contributed by atoms with Crippen molar-refractivity contribution in [2.45, 2.75) is 58.0 Å². The lowest BCUT2D eigenvalue weighted by atomic mass is 9.98. The molecule has 2 N–H and O–H groups in total. The average Bonchev–Trinajstić information content (AvgIpc) is 3.06. The van der Waals surface area contributed by atoms with Crippen molar-refractivity contribution in [1.82, 2.24) is 10.0 Å². The van der Waals surface area contributed by atoms with Crippen molar-refractivity contribution >= 4 is 10.0 Å². The lowest BCUT2D eigenvalue weighted by Gasteiger charge is -2.18. The summed E-state index contributed by atoms with van der Waals surface area (Å²) in [6.07, 6.45) is 2.38. The third-order valence-electron chi connectivity index (χ3n) is 3.15. The number of aryl methyl sites for hydroxylation is 1. The quantitative estimate of drug-likeness (QED) is 0.844. The molecule has 0 aromatic carbocycles. The first-order chi connectivity index (χ1) is 9.17. The van der Waals surface area contributed by atoms with Gasteiger partial charge in [0.1, 0.15) is 16.4 Å². The van der Waals surface area contributed by atoms with Crippen molar-refractivity contribution in [2.75, 3.05) is 6.54 Å². The van der Waals surface area contributed by atoms with Crippen LogP contribution >= 0.6 is 0 Å². The highest BCUT2D eigenvalue weighted by molar-refractivity contribution is 7.89. The molecule has 1 heterocycles. The van der Waals surface area contributed by atoms with Crippen LogP contribution in [0.5, 0.6) is 0 Å². The monoisotopic (exact) mass is 300 g/mol. The molecule has 20 heavy (non-hydrogen) atoms. The highest BCUT2D eigenvalue weighted by Crippen LogP contribution is 2.23. The smallest absolute Gasteiger partial charge is 0.244 e. The number of hydrogen-bond acceptors (Lipinski definition) is 4. The van der Waals surface area contributed by atoms with E-state index in [1.807, 2.05) is 20.8 Å². The standard InChI is InChI=1S/C14H24N2O3S/c1-10-13(20(17,18)16-9-14(2,3)4)7-12(19-10)8-15-11-5-6-11/h7,11,15-16H,5-6,8-9H2,1-4H3. The van der Waals surface area contributed by atoms with Gasteiger partial charge in [0.05, 0.1) is 6.54 Å². The predicted octanol–water partition coefficient (Wildman–Crippen LogP) is 2.16. The van der Waals surface area contributed by atoms with Crippen molar-refractivity contribution in [3.63, 3.8) is 0 Å². The first-order valence-corrected chi connectivity index (χ1v) is 8.48. The van der Waals surface area contributed by atoms with Gasteiger partial charge in [-0.3, -0.25) is 0 Å². The highest BCUT2D eigenvalue weighted by Gasteiger charge is 2.25. The van der Waals surface area contributed by atoms with Gasteiger partial charge in [-0.25, -0.2) is 13.1 Å². The van der Waals surface area contributed by atoms with E-state index in [-0.39, 0.29) is 10.3 Å². The van der Waals surface area contributed by atoms with E-state index >= 15 is 0 Å². The Kier molecular flexibility index (Phi) is 4.27. The largest absolute Gasteiger partial charge is 0.464 e. The molecule has 0 unspecified atom stereocenters. The second-order valence-corrected chi connectivity index (χ2v) is 8.41. The first kappa shape index (κ1) is 15.5. The minimum Gasteiger partial charge on any atom is -0.464 e. The SMILES string of the molecule is Cc1oc(CNC2CC2)cc1S(=O)(=O)NCC(C)(C)C. The molecule has 2 rings (SSSR count). The molecule has 0 bridgehead atoms. The number of rotatable bonds is 6. The Morgan fingerprint density at radius 1 is 1.35 bits per heavy atom. The summed E-state index contributed by atoms with van der Waals surface area (Å²) in [5, 5.41) is 3.31. The number of sulfonamides is 1. The van der Waals surface area contributed by atoms with Crippen LogP contribution in [0.2, 0.25) is 0 Å². The Hall–Kier alpha value is -0.850. The fraction of sp³-hybridized carbons (Fsp3) is 0.714. The average molecular weight is 300 g/mol. The van der Waals surface area contributed by atoms with Gasteiger partial charge in [0, 0.05) is 18.7 Å². The van der Waals surface area contributed by atoms with E-state index < -0.39 is 10.0 Å². The summed E-state index contributed by atoms with van der Waals surface area (Å²) in [7, 11) is -3.50. The van der Waals surface area contributed by atoms with Gasteiger partial charge in [-0.2, -0.15) is 0 Å². The van der Waals surface area contributed by atoms with Gasteiger partial charge in [-0.1, -0.05) is 20.8 Å². The fourth-order valence-electron chi connectivity index (χ4n) is 1.80. The van der Waals surface area contributed by atoms with Crippen LogP contribution in [0.1, 0.15) is 45.1 Å². The molecule has 0 amide bonds. The summed E-state index contributed by atoms with van der Waals surface area (Å²) < 4.78 is 32.7. The number of nitrogens with one attached hydrogen (secondary N) is 2. The Morgan fingerprint density at radius 2 is 2.00 bits per heavy atom. The topological polar surface area (TPSA) is 71.3 Å². The molecule has 1 aromatic rings. The van der Waals surface area contributed by atoms with Crippen molar-refractivity contribution in [2.24, 2.45) is 5.41 Å². The van der Waals surface area contributed by atoms with Crippen molar-refractivity contribution < 1.29 is 12.8 Å². The Labute approximate surface area is 121 Å². The van der Waals surface area contributed by atoms with Gasteiger partial charge >= 0.3 is 0 Å². The molecule has 1 saturated carbocycles. The molecular weight excluding hydrogens is 276 g/mol. The summed E-state index contributed by atoms with van der Waals surface area (Å²) in [6, 6.07) is 2.19. The summed E-state index contributed by atoms with van der Waals surface area (Å²) in [4.78, 5) is 0.245. The Morgan fingerprint density at radius 3 is 2.55 bits per heavy atom. The Balaban J connectivity index is 2.05. The third-order valence-corrected chi connectivity index (χ3v) is 4.66. The van der Waals surface area contributed by atoms with E-state index in [1.165, 1.54) is 12.8 Å². The molecule has 114 valence electrons. The zero-order chi connectivity index (χ0) is 15.0. The van der Waals surface area contributed by atoms with Crippen molar-refractivity contribution in [3.8, 4) is 0 Å². The summed E-state index contributed by atoms with van der Waals surface area (Å²) in [5.41, 5.74) is -0.0962. The maximum Gasteiger partial charge on any atom is 0.244 e. The van der Waals surface area contributed by atoms with E-state index in [9.17, 15) is 8.42 Å². The van der Waals surface area contributed by atoms with Crippen LogP contribution in [0.3, 0.4) is 0 Å². The van der Waals surface area contributed by atoms with Crippen LogP contribution in [0, 0.1) is 12.3 Å². The third kappa shape index (κ3) is 4.33. The van der Waals surface area contributed by atoms with Gasteiger partial charge in [-0.15, -0.1) is 0 Å². The second kappa shape index (κ2) is 5.50. The van der Waals surface area contributed by atoms with Gasteiger partial charge in [0.15, 0.2) is 0 Å². The zero-order valence-corrected chi connectivity index (χ0v) is 13.4. The summed E-state index contributed by atoms with van der Waals surface area (Å²) in [6.45, 7) is 8.64. The normalized spacial score (nSPS) is 16.6. The predicted molar refractivity (Wildman–Crippen MR) is 78.0 cm³/mol. The molecule has 0 radical (unpaired) electrons. The minimum absolute atomic E-state index is 0.0962. The molecule has 6 heteroatoms. The molecule has 0 atom stereocenters. The number of hydrogen-bond donors (Lipinski definition) is 2. The lowest BCUT2D eigenvalue weighted by molar-refractivity contribution is 0.407. The molecule has 5 nitrogen and oxygen atoms in total. The lowest BCUT2D eigenvalue weighted by Crippen LogP contribution is -2.32. The van der Waals surface area contributed by atoms with E-state index in [0.717, 1.165) is 0 Å². The summed E-state index contributed by atoms with van der Waals surface area (Å²) in [5.74, 6) is 1.12. The Bertz CT molecular complexity index is 566. The van der Waals surface area contributed by atoms with E-state index in [4.69, 9.17) is 4.42 Å². The zero-order valence-electron chi connectivity index (χ0n) is 12.6. The molecule has 1 aromatic heterocycles. The van der Waals surface area contributed by atoms with E-state index in [0.29, 0.717) is 30.7 Å². The minimum atomic E-state index is -3.50. The van der Waals surface area contributed by atoms with Crippen LogP contribution in [0.25, 0.3) is 0 Å². The number of furan rings is 1. The van der Waals surface area contributed by atoms with Crippen LogP contribution in [-0.4, -0.2) is 21.0 Å². The van der Waals surface area contributed by atoms with Crippen LogP contribution in [0.4, 0.5) is 0 Å². The fourth-order valence-corrected chi connectivity index (χ4v) is 3.29. The van der Waals surface area contributed by atoms with Crippen LogP contribution in [0.15, 0.2) is 15.4 Å². The highest BCUT2D eigenvalue weighted by atomic mass is 32.2. The molecular formula is C14H24N2O3S. The molecule has 0 spiro atoms. The van der Waals surface area contributed by atoms with Crippen molar-refractivity contribution in [1.29, 1.82) is 0 Å². The second-order valence-electron chi connectivity index (χ2n) is 6.67. The van der Waals surface area contributed by atoms with Gasteiger partial charge < -0.3 is 9.73 Å². The van der Waals surface area contributed by atoms with E-state index in [1.54, 1.807) is 13.0 Å². The molecule has 0 saturated heterocycles. The van der Waals surface area contributed by atoms with Crippen LogP contribution in [-0.2, 0) is 16.6 Å². The summed E-state index contributed by atoms with van der Waals surface area (Å²) >= 11 is 0. The molecule has 1 fully saturated rings. The van der Waals surface area contributed by atoms with Gasteiger partial charge in [-0.05, 0) is 25.2 Å². The van der Waals surface area contributed by atoms with Crippen molar-refractivity contribution in [3.05, 3.63) is 17.6 Å². The molecule has 1 aliphatic rings. The van der Waals surface area contributed by atoms with E-state index in [2.05, 4.69) is 10.0 Å².